The number of aromatic carboxylic acids is 1. The van der Waals surface area contributed by atoms with Crippen LogP contribution in [0.1, 0.15) is 83.7 Å². The Hall–Kier alpha value is -4.06. The van der Waals surface area contributed by atoms with Crippen LogP contribution >= 0.6 is 0 Å². The van der Waals surface area contributed by atoms with Gasteiger partial charge in [-0.2, -0.15) is 0 Å². The first kappa shape index (κ1) is 51.3. The van der Waals surface area contributed by atoms with E-state index in [0.717, 1.165) is 54.5 Å². The molecule has 332 valence electrons. The molecular formula is C43H65B3O13Si2. The van der Waals surface area contributed by atoms with Crippen LogP contribution in [0.2, 0.25) is 70.3 Å². The first-order valence-corrected chi connectivity index (χ1v) is 28.6. The molecule has 5 rings (SSSR count). The fourth-order valence-corrected chi connectivity index (χ4v) is 8.13. The molecule has 2 heterocycles. The standard InChI is InChI=1S/C16H27BO5Si.C16H25BO4Si.C11H13BO4/c1-12-14(16(19)22-10-11-23(2,3)4)8-7-13(15(12)18)6-5-9-17(20)21;1-12-14(16(18)20-10-11-22(2,3)4)8-7-13-6-5-9-17(19)21-15(12)13;1-7-9(11(13)14)5-4-8-3-2-6-12(15)16-10(7)8/h7-8,18,20-21H,5-6,9-11H2,1-4H3;7-8,19H,5-6,9-11H2,1-4H3;4-5,15H,2-3,6H2,1H3,(H,13,14). The number of fused-ring (bicyclic) bond motifs is 2. The SMILES string of the molecule is Cc1c(C(=O)O)ccc2c1OB(O)CCC2.Cc1c(C(=O)OCC[Si](C)(C)C)ccc(CCCB(O)O)c1O.Cc1c(C(=O)OCC[Si](C)(C)C)ccc2c1OB(O)CCC2. The molecule has 13 nitrogen and oxygen atoms in total. The fourth-order valence-electron chi connectivity index (χ4n) is 6.70. The van der Waals surface area contributed by atoms with E-state index in [1.54, 1.807) is 38.1 Å². The third kappa shape index (κ3) is 16.6. The van der Waals surface area contributed by atoms with Crippen LogP contribution in [0.15, 0.2) is 36.4 Å². The van der Waals surface area contributed by atoms with Crippen LogP contribution in [0.5, 0.6) is 17.2 Å². The minimum Gasteiger partial charge on any atom is -0.536 e. The summed E-state index contributed by atoms with van der Waals surface area (Å²) in [6, 6.07) is 12.3. The number of phenols is 1. The summed E-state index contributed by atoms with van der Waals surface area (Å²) >= 11 is 0. The molecule has 6 N–H and O–H groups in total. The van der Waals surface area contributed by atoms with Gasteiger partial charge < -0.3 is 49.1 Å². The second-order valence-electron chi connectivity index (χ2n) is 18.2. The second-order valence-corrected chi connectivity index (χ2v) is 29.4. The lowest BCUT2D eigenvalue weighted by Gasteiger charge is -2.17. The van der Waals surface area contributed by atoms with Crippen molar-refractivity contribution in [1.29, 1.82) is 0 Å². The summed E-state index contributed by atoms with van der Waals surface area (Å²) in [4.78, 5) is 35.4. The summed E-state index contributed by atoms with van der Waals surface area (Å²) in [7, 11) is -5.42. The number of rotatable bonds is 13. The molecule has 0 unspecified atom stereocenters. The number of carbonyl (C=O) groups excluding carboxylic acids is 2. The Morgan fingerprint density at radius 2 is 1.11 bits per heavy atom. The average Bonchev–Trinajstić information content (AvgIpc) is 3.47. The van der Waals surface area contributed by atoms with E-state index in [1.165, 1.54) is 0 Å². The number of carbonyl (C=O) groups is 3. The zero-order valence-corrected chi connectivity index (χ0v) is 39.4. The van der Waals surface area contributed by atoms with Crippen molar-refractivity contribution < 1.29 is 63.5 Å². The Morgan fingerprint density at radius 1 is 0.689 bits per heavy atom. The van der Waals surface area contributed by atoms with Gasteiger partial charge in [0, 0.05) is 32.8 Å². The van der Waals surface area contributed by atoms with Crippen molar-refractivity contribution in [3.8, 4) is 17.2 Å². The minimum atomic E-state index is -1.33. The molecular weight excluding hydrogens is 813 g/mol. The van der Waals surface area contributed by atoms with E-state index in [2.05, 4.69) is 39.3 Å². The summed E-state index contributed by atoms with van der Waals surface area (Å²) in [6.07, 6.45) is 5.92. The Labute approximate surface area is 364 Å². The molecule has 0 saturated carbocycles. The van der Waals surface area contributed by atoms with E-state index in [0.29, 0.717) is 78.0 Å². The van der Waals surface area contributed by atoms with Crippen molar-refractivity contribution in [3.63, 3.8) is 0 Å². The van der Waals surface area contributed by atoms with Crippen LogP contribution in [0.25, 0.3) is 0 Å². The molecule has 0 aliphatic carbocycles. The lowest BCUT2D eigenvalue weighted by molar-refractivity contribution is 0.0514. The molecule has 0 amide bonds. The van der Waals surface area contributed by atoms with Crippen LogP contribution in [0.4, 0.5) is 0 Å². The third-order valence-electron chi connectivity index (χ3n) is 10.5. The summed E-state index contributed by atoms with van der Waals surface area (Å²) in [5.41, 5.74) is 5.71. The van der Waals surface area contributed by atoms with Crippen molar-refractivity contribution in [3.05, 3.63) is 86.5 Å². The topological polar surface area (TPSA) is 210 Å². The van der Waals surface area contributed by atoms with Crippen LogP contribution in [0, 0.1) is 20.8 Å². The van der Waals surface area contributed by atoms with Gasteiger partial charge in [0.05, 0.1) is 29.9 Å². The molecule has 0 aromatic heterocycles. The van der Waals surface area contributed by atoms with Crippen LogP contribution < -0.4 is 9.31 Å². The number of ether oxygens (including phenoxy) is 2. The molecule has 0 fully saturated rings. The largest absolute Gasteiger partial charge is 0.536 e. The van der Waals surface area contributed by atoms with E-state index in [4.69, 9.17) is 33.9 Å². The quantitative estimate of drug-likeness (QED) is 0.0732. The molecule has 0 spiro atoms. The number of hydrogen-bond donors (Lipinski definition) is 6. The Morgan fingerprint density at radius 3 is 1.56 bits per heavy atom. The van der Waals surface area contributed by atoms with Crippen molar-refractivity contribution in [2.75, 3.05) is 13.2 Å². The van der Waals surface area contributed by atoms with Gasteiger partial charge in [-0.1, -0.05) is 63.9 Å². The zero-order chi connectivity index (χ0) is 45.7. The lowest BCUT2D eigenvalue weighted by Crippen LogP contribution is -2.23. The Kier molecular flexibility index (Phi) is 19.7. The number of benzene rings is 3. The summed E-state index contributed by atoms with van der Waals surface area (Å²) in [5, 5.41) is 56.2. The van der Waals surface area contributed by atoms with Gasteiger partial charge in [0.15, 0.2) is 0 Å². The molecule has 3 aromatic rings. The van der Waals surface area contributed by atoms with Crippen molar-refractivity contribution in [2.24, 2.45) is 0 Å². The summed E-state index contributed by atoms with van der Waals surface area (Å²) in [5.74, 6) is -0.427. The highest BCUT2D eigenvalue weighted by atomic mass is 28.3. The monoisotopic (exact) mass is 878 g/mol. The number of phenolic OH excluding ortho intramolecular Hbond substituents is 1. The predicted octanol–water partition coefficient (Wildman–Crippen LogP) is 7.40. The minimum absolute atomic E-state index is 0.0806. The summed E-state index contributed by atoms with van der Waals surface area (Å²) in [6.45, 7) is 19.5. The van der Waals surface area contributed by atoms with E-state index in [9.17, 15) is 29.5 Å². The maximum Gasteiger partial charge on any atom is 0.522 e. The second kappa shape index (κ2) is 23.4. The Balaban J connectivity index is 0.000000248. The van der Waals surface area contributed by atoms with Crippen molar-refractivity contribution >= 4 is 55.4 Å². The van der Waals surface area contributed by atoms with E-state index in [-0.39, 0.29) is 23.6 Å². The number of aryl methyl sites for hydroxylation is 3. The summed E-state index contributed by atoms with van der Waals surface area (Å²) < 4.78 is 21.7. The smallest absolute Gasteiger partial charge is 0.522 e. The highest BCUT2D eigenvalue weighted by Gasteiger charge is 2.27. The molecule has 0 atom stereocenters. The van der Waals surface area contributed by atoms with Gasteiger partial charge in [-0.05, 0) is 119 Å². The Bertz CT molecular complexity index is 1970. The van der Waals surface area contributed by atoms with Gasteiger partial charge >= 0.3 is 39.3 Å². The maximum absolute atomic E-state index is 12.3. The first-order valence-electron chi connectivity index (χ1n) is 21.2. The number of carboxylic acid groups (broad SMARTS) is 1. The molecule has 0 saturated heterocycles. The molecule has 61 heavy (non-hydrogen) atoms. The number of aromatic hydroxyl groups is 1. The molecule has 0 bridgehead atoms. The number of esters is 2. The highest BCUT2D eigenvalue weighted by Crippen LogP contribution is 2.33. The van der Waals surface area contributed by atoms with Gasteiger partial charge in [0.25, 0.3) is 0 Å². The van der Waals surface area contributed by atoms with Gasteiger partial charge in [-0.25, -0.2) is 14.4 Å². The van der Waals surface area contributed by atoms with Crippen LogP contribution in [-0.2, 0) is 28.7 Å². The number of hydrogen-bond acceptors (Lipinski definition) is 12. The van der Waals surface area contributed by atoms with Gasteiger partial charge in [-0.15, -0.1) is 0 Å². The van der Waals surface area contributed by atoms with Gasteiger partial charge in [0.1, 0.15) is 17.2 Å². The number of carboxylic acids is 1. The molecule has 0 radical (unpaired) electrons. The molecule has 2 aliphatic heterocycles. The van der Waals surface area contributed by atoms with Crippen LogP contribution in [-0.4, -0.2) is 98.9 Å². The van der Waals surface area contributed by atoms with Gasteiger partial charge in [-0.3, -0.25) is 0 Å². The highest BCUT2D eigenvalue weighted by molar-refractivity contribution is 6.76. The van der Waals surface area contributed by atoms with E-state index >= 15 is 0 Å². The maximum atomic E-state index is 12.3. The zero-order valence-electron chi connectivity index (χ0n) is 37.4. The van der Waals surface area contributed by atoms with Crippen molar-refractivity contribution in [2.45, 2.75) is 130 Å². The van der Waals surface area contributed by atoms with E-state index < -0.39 is 49.4 Å². The van der Waals surface area contributed by atoms with E-state index in [1.807, 2.05) is 19.1 Å². The molecule has 18 heteroatoms. The first-order chi connectivity index (χ1) is 28.5. The van der Waals surface area contributed by atoms with Crippen LogP contribution in [0.3, 0.4) is 0 Å². The predicted molar refractivity (Wildman–Crippen MR) is 246 cm³/mol. The fraction of sp³-hybridized carbons (Fsp3) is 0.512. The third-order valence-corrected chi connectivity index (χ3v) is 13.9. The normalized spacial score (nSPS) is 13.6. The van der Waals surface area contributed by atoms with Gasteiger partial charge in [0.2, 0.25) is 0 Å². The molecule has 3 aromatic carbocycles. The molecule has 2 aliphatic rings. The van der Waals surface area contributed by atoms with Crippen molar-refractivity contribution in [1.82, 2.24) is 0 Å². The lowest BCUT2D eigenvalue weighted by atomic mass is 9.83. The average molecular weight is 879 g/mol.